The highest BCUT2D eigenvalue weighted by Crippen LogP contribution is 2.26. The second-order valence-corrected chi connectivity index (χ2v) is 6.52. The van der Waals surface area contributed by atoms with E-state index < -0.39 is 5.97 Å². The van der Waals surface area contributed by atoms with Gasteiger partial charge in [-0.1, -0.05) is 18.2 Å². The molecule has 0 saturated carbocycles. The highest BCUT2D eigenvalue weighted by atomic mass is 32.2. The number of aromatic nitrogens is 2. The number of nitrogens with zero attached hydrogens (tertiary/aromatic N) is 3. The molecule has 2 heterocycles. The van der Waals surface area contributed by atoms with Crippen molar-refractivity contribution in [3.8, 4) is 0 Å². The van der Waals surface area contributed by atoms with E-state index in [1.807, 2.05) is 24.3 Å². The summed E-state index contributed by atoms with van der Waals surface area (Å²) in [6.45, 7) is 2.99. The summed E-state index contributed by atoms with van der Waals surface area (Å²) in [5, 5.41) is 10.7. The molecule has 0 amide bonds. The van der Waals surface area contributed by atoms with E-state index in [1.54, 1.807) is 0 Å². The monoisotopic (exact) mass is 317 g/mol. The van der Waals surface area contributed by atoms with E-state index in [-0.39, 0.29) is 6.42 Å². The molecule has 116 valence electrons. The van der Waals surface area contributed by atoms with Crippen LogP contribution in [0.5, 0.6) is 0 Å². The zero-order chi connectivity index (χ0) is 15.4. The van der Waals surface area contributed by atoms with E-state index in [1.165, 1.54) is 24.6 Å². The van der Waals surface area contributed by atoms with Crippen molar-refractivity contribution >= 4 is 28.6 Å². The van der Waals surface area contributed by atoms with Crippen LogP contribution in [0.3, 0.4) is 0 Å². The van der Waals surface area contributed by atoms with Crippen molar-refractivity contribution in [3.63, 3.8) is 0 Å². The molecule has 1 N–H and O–H groups in total. The molecule has 6 heteroatoms. The maximum absolute atomic E-state index is 10.7. The number of benzene rings is 1. The van der Waals surface area contributed by atoms with E-state index in [0.717, 1.165) is 41.4 Å². The molecule has 1 aliphatic rings. The lowest BCUT2D eigenvalue weighted by molar-refractivity contribution is -0.136. The highest BCUT2D eigenvalue weighted by Gasteiger charge is 2.15. The molecule has 0 radical (unpaired) electrons. The summed E-state index contributed by atoms with van der Waals surface area (Å²) >= 11 is 1.50. The van der Waals surface area contributed by atoms with Crippen LogP contribution in [0, 0.1) is 0 Å². The van der Waals surface area contributed by atoms with Gasteiger partial charge >= 0.3 is 5.97 Å². The molecule has 0 spiro atoms. The number of fused-ring (bicyclic) bond motifs is 1. The Morgan fingerprint density at radius 3 is 2.77 bits per heavy atom. The van der Waals surface area contributed by atoms with E-state index in [2.05, 4.69) is 14.9 Å². The molecule has 0 aliphatic carbocycles. The lowest BCUT2D eigenvalue weighted by Gasteiger charge is -2.14. The van der Waals surface area contributed by atoms with Gasteiger partial charge in [0.2, 0.25) is 0 Å². The van der Waals surface area contributed by atoms with Crippen molar-refractivity contribution in [3.05, 3.63) is 30.1 Å². The SMILES string of the molecule is O=C(O)CCSc1nc(CN2CCCC2)nc2ccccc12. The smallest absolute Gasteiger partial charge is 0.304 e. The Morgan fingerprint density at radius 1 is 1.23 bits per heavy atom. The molecule has 0 bridgehead atoms. The zero-order valence-corrected chi connectivity index (χ0v) is 13.2. The fourth-order valence-corrected chi connectivity index (χ4v) is 3.62. The van der Waals surface area contributed by atoms with Crippen LogP contribution in [0.4, 0.5) is 0 Å². The van der Waals surface area contributed by atoms with Crippen LogP contribution in [0.25, 0.3) is 10.9 Å². The lowest BCUT2D eigenvalue weighted by atomic mass is 10.2. The fraction of sp³-hybridized carbons (Fsp3) is 0.438. The molecular weight excluding hydrogens is 298 g/mol. The number of carbonyl (C=O) groups is 1. The van der Waals surface area contributed by atoms with Gasteiger partial charge in [0.1, 0.15) is 10.9 Å². The maximum Gasteiger partial charge on any atom is 0.304 e. The predicted molar refractivity (Wildman–Crippen MR) is 87.0 cm³/mol. The Balaban J connectivity index is 1.84. The second-order valence-electron chi connectivity index (χ2n) is 5.44. The minimum Gasteiger partial charge on any atom is -0.481 e. The number of likely N-dealkylation sites (tertiary alicyclic amines) is 1. The summed E-state index contributed by atoms with van der Waals surface area (Å²) in [5.74, 6) is 0.584. The summed E-state index contributed by atoms with van der Waals surface area (Å²) in [6, 6.07) is 7.93. The third-order valence-corrected chi connectivity index (χ3v) is 4.73. The van der Waals surface area contributed by atoms with Gasteiger partial charge in [0, 0.05) is 11.1 Å². The van der Waals surface area contributed by atoms with E-state index >= 15 is 0 Å². The summed E-state index contributed by atoms with van der Waals surface area (Å²) < 4.78 is 0. The zero-order valence-electron chi connectivity index (χ0n) is 12.4. The van der Waals surface area contributed by atoms with Crippen LogP contribution < -0.4 is 0 Å². The van der Waals surface area contributed by atoms with Gasteiger partial charge < -0.3 is 5.11 Å². The van der Waals surface area contributed by atoms with Gasteiger partial charge in [-0.25, -0.2) is 9.97 Å². The average molecular weight is 317 g/mol. The van der Waals surface area contributed by atoms with Gasteiger partial charge in [-0.05, 0) is 32.0 Å². The molecule has 5 nitrogen and oxygen atoms in total. The van der Waals surface area contributed by atoms with Crippen molar-refractivity contribution in [2.45, 2.75) is 30.8 Å². The molecule has 0 unspecified atom stereocenters. The van der Waals surface area contributed by atoms with Crippen molar-refractivity contribution in [2.24, 2.45) is 0 Å². The molecule has 3 rings (SSSR count). The van der Waals surface area contributed by atoms with Crippen LogP contribution >= 0.6 is 11.8 Å². The first kappa shape index (κ1) is 15.2. The molecule has 22 heavy (non-hydrogen) atoms. The molecule has 1 aromatic carbocycles. The number of hydrogen-bond donors (Lipinski definition) is 1. The van der Waals surface area contributed by atoms with Gasteiger partial charge in [0.05, 0.1) is 18.5 Å². The first-order valence-electron chi connectivity index (χ1n) is 7.55. The van der Waals surface area contributed by atoms with Crippen molar-refractivity contribution in [2.75, 3.05) is 18.8 Å². The normalized spacial score (nSPS) is 15.5. The van der Waals surface area contributed by atoms with Crippen LogP contribution in [0.15, 0.2) is 29.3 Å². The minimum absolute atomic E-state index is 0.143. The molecule has 2 aromatic rings. The fourth-order valence-electron chi connectivity index (χ4n) is 2.65. The lowest BCUT2D eigenvalue weighted by Crippen LogP contribution is -2.20. The summed E-state index contributed by atoms with van der Waals surface area (Å²) in [5.41, 5.74) is 0.935. The molecular formula is C16H19N3O2S. The van der Waals surface area contributed by atoms with Crippen molar-refractivity contribution < 1.29 is 9.90 Å². The standard InChI is InChI=1S/C16H19N3O2S/c20-15(21)7-10-22-16-12-5-1-2-6-13(12)17-14(18-16)11-19-8-3-4-9-19/h1-2,5-6H,3-4,7-11H2,(H,20,21). The summed E-state index contributed by atoms with van der Waals surface area (Å²) in [6.07, 6.45) is 2.63. The van der Waals surface area contributed by atoms with Gasteiger partial charge in [0.25, 0.3) is 0 Å². The van der Waals surface area contributed by atoms with E-state index in [4.69, 9.17) is 5.11 Å². The Hall–Kier alpha value is -1.66. The molecule has 1 fully saturated rings. The van der Waals surface area contributed by atoms with Crippen LogP contribution in [0.2, 0.25) is 0 Å². The Labute approximate surface area is 133 Å². The van der Waals surface area contributed by atoms with Crippen LogP contribution in [-0.2, 0) is 11.3 Å². The average Bonchev–Trinajstić information content (AvgIpc) is 3.00. The van der Waals surface area contributed by atoms with Gasteiger partial charge in [-0.2, -0.15) is 0 Å². The topological polar surface area (TPSA) is 66.3 Å². The Kier molecular flexibility index (Phi) is 4.90. The third kappa shape index (κ3) is 3.75. The highest BCUT2D eigenvalue weighted by molar-refractivity contribution is 7.99. The number of hydrogen-bond acceptors (Lipinski definition) is 5. The first-order chi connectivity index (χ1) is 10.7. The third-order valence-electron chi connectivity index (χ3n) is 3.73. The maximum atomic E-state index is 10.7. The number of rotatable bonds is 6. The Bertz CT molecular complexity index is 671. The van der Waals surface area contributed by atoms with E-state index in [0.29, 0.717) is 5.75 Å². The Morgan fingerprint density at radius 2 is 2.00 bits per heavy atom. The molecule has 1 saturated heterocycles. The van der Waals surface area contributed by atoms with E-state index in [9.17, 15) is 4.79 Å². The van der Waals surface area contributed by atoms with Gasteiger partial charge in [-0.3, -0.25) is 9.69 Å². The summed E-state index contributed by atoms with van der Waals surface area (Å²) in [7, 11) is 0. The second kappa shape index (κ2) is 7.07. The van der Waals surface area contributed by atoms with Crippen molar-refractivity contribution in [1.82, 2.24) is 14.9 Å². The predicted octanol–water partition coefficient (Wildman–Crippen LogP) is 2.79. The number of carboxylic acid groups (broad SMARTS) is 1. The number of thioether (sulfide) groups is 1. The minimum atomic E-state index is -0.775. The quantitative estimate of drug-likeness (QED) is 0.653. The van der Waals surface area contributed by atoms with Crippen LogP contribution in [0.1, 0.15) is 25.1 Å². The molecule has 1 aromatic heterocycles. The number of para-hydroxylation sites is 1. The van der Waals surface area contributed by atoms with Crippen LogP contribution in [-0.4, -0.2) is 44.8 Å². The van der Waals surface area contributed by atoms with Crippen molar-refractivity contribution in [1.29, 1.82) is 0 Å². The molecule has 0 atom stereocenters. The molecule has 1 aliphatic heterocycles. The summed E-state index contributed by atoms with van der Waals surface area (Å²) in [4.78, 5) is 22.4. The first-order valence-corrected chi connectivity index (χ1v) is 8.53. The van der Waals surface area contributed by atoms with Gasteiger partial charge in [0.15, 0.2) is 0 Å². The number of aliphatic carboxylic acids is 1. The number of carboxylic acids is 1. The largest absolute Gasteiger partial charge is 0.481 e. The van der Waals surface area contributed by atoms with Gasteiger partial charge in [-0.15, -0.1) is 11.8 Å².